The first-order valence-corrected chi connectivity index (χ1v) is 7.35. The van der Waals surface area contributed by atoms with Crippen LogP contribution in [0.3, 0.4) is 0 Å². The number of hydrogen-bond acceptors (Lipinski definition) is 5. The Balaban J connectivity index is 2.14. The first-order valence-electron chi connectivity index (χ1n) is 6.56. The largest absolute Gasteiger partial charge is 0.379 e. The maximum absolute atomic E-state index is 5.97. The van der Waals surface area contributed by atoms with E-state index in [1.165, 1.54) is 0 Å². The average molecular weight is 340 g/mol. The second kappa shape index (κ2) is 6.97. The molecule has 0 fully saturated rings. The summed E-state index contributed by atoms with van der Waals surface area (Å²) in [6.45, 7) is 5.13. The van der Waals surface area contributed by atoms with E-state index in [0.717, 1.165) is 22.0 Å². The SMILES string of the molecule is CCCOCC(N)c1noc(-c2cccc(C)c2Br)n1. The molecule has 20 heavy (non-hydrogen) atoms. The van der Waals surface area contributed by atoms with Gasteiger partial charge in [0.15, 0.2) is 5.82 Å². The summed E-state index contributed by atoms with van der Waals surface area (Å²) >= 11 is 3.53. The molecule has 0 aliphatic carbocycles. The normalized spacial score (nSPS) is 12.6. The van der Waals surface area contributed by atoms with E-state index in [9.17, 15) is 0 Å². The van der Waals surface area contributed by atoms with E-state index in [2.05, 4.69) is 26.1 Å². The predicted molar refractivity (Wildman–Crippen MR) is 80.2 cm³/mol. The van der Waals surface area contributed by atoms with E-state index in [1.54, 1.807) is 0 Å². The molecule has 0 aliphatic heterocycles. The van der Waals surface area contributed by atoms with Crippen LogP contribution in [0.15, 0.2) is 27.2 Å². The van der Waals surface area contributed by atoms with Crippen LogP contribution in [0.1, 0.15) is 30.8 Å². The minimum absolute atomic E-state index is 0.373. The molecule has 5 nitrogen and oxygen atoms in total. The van der Waals surface area contributed by atoms with Gasteiger partial charge in [0.1, 0.15) is 0 Å². The molecule has 0 saturated carbocycles. The van der Waals surface area contributed by atoms with E-state index >= 15 is 0 Å². The Morgan fingerprint density at radius 3 is 3.00 bits per heavy atom. The van der Waals surface area contributed by atoms with Gasteiger partial charge in [-0.1, -0.05) is 24.2 Å². The summed E-state index contributed by atoms with van der Waals surface area (Å²) < 4.78 is 11.6. The molecular weight excluding hydrogens is 322 g/mol. The maximum Gasteiger partial charge on any atom is 0.259 e. The van der Waals surface area contributed by atoms with Crippen LogP contribution in [0.25, 0.3) is 11.5 Å². The van der Waals surface area contributed by atoms with Crippen LogP contribution in [0.4, 0.5) is 0 Å². The minimum atomic E-state index is -0.373. The Hall–Kier alpha value is -1.24. The molecule has 108 valence electrons. The summed E-state index contributed by atoms with van der Waals surface area (Å²) in [6.07, 6.45) is 0.959. The Labute approximate surface area is 126 Å². The second-order valence-corrected chi connectivity index (χ2v) is 5.37. The van der Waals surface area contributed by atoms with Crippen molar-refractivity contribution in [2.24, 2.45) is 5.73 Å². The number of rotatable bonds is 6. The van der Waals surface area contributed by atoms with Crippen molar-refractivity contribution in [1.29, 1.82) is 0 Å². The smallest absolute Gasteiger partial charge is 0.259 e. The lowest BCUT2D eigenvalue weighted by Crippen LogP contribution is -2.18. The van der Waals surface area contributed by atoms with Crippen LogP contribution >= 0.6 is 15.9 Å². The van der Waals surface area contributed by atoms with Crippen molar-refractivity contribution in [3.8, 4) is 11.5 Å². The average Bonchev–Trinajstić information content (AvgIpc) is 2.91. The summed E-state index contributed by atoms with van der Waals surface area (Å²) in [6, 6.07) is 5.51. The number of benzene rings is 1. The fourth-order valence-corrected chi connectivity index (χ4v) is 2.17. The van der Waals surface area contributed by atoms with Crippen LogP contribution in [0, 0.1) is 6.92 Å². The highest BCUT2D eigenvalue weighted by Gasteiger charge is 2.17. The highest BCUT2D eigenvalue weighted by atomic mass is 79.9. The van der Waals surface area contributed by atoms with Crippen molar-refractivity contribution in [3.63, 3.8) is 0 Å². The highest BCUT2D eigenvalue weighted by Crippen LogP contribution is 2.29. The van der Waals surface area contributed by atoms with Crippen LogP contribution in [-0.2, 0) is 4.74 Å². The molecule has 1 aromatic heterocycles. The summed E-state index contributed by atoms with van der Waals surface area (Å²) in [7, 11) is 0. The number of ether oxygens (including phenoxy) is 1. The fourth-order valence-electron chi connectivity index (χ4n) is 1.74. The Kier molecular flexibility index (Phi) is 5.28. The quantitative estimate of drug-likeness (QED) is 0.817. The van der Waals surface area contributed by atoms with Crippen molar-refractivity contribution in [2.45, 2.75) is 26.3 Å². The zero-order chi connectivity index (χ0) is 14.5. The van der Waals surface area contributed by atoms with Crippen LogP contribution in [-0.4, -0.2) is 23.4 Å². The molecule has 2 N–H and O–H groups in total. The van der Waals surface area contributed by atoms with Crippen molar-refractivity contribution in [1.82, 2.24) is 10.1 Å². The molecule has 1 aromatic carbocycles. The number of nitrogens with zero attached hydrogens (tertiary/aromatic N) is 2. The fraction of sp³-hybridized carbons (Fsp3) is 0.429. The number of hydrogen-bond donors (Lipinski definition) is 1. The van der Waals surface area contributed by atoms with E-state index < -0.39 is 0 Å². The molecule has 6 heteroatoms. The third kappa shape index (κ3) is 3.45. The lowest BCUT2D eigenvalue weighted by atomic mass is 10.1. The van der Waals surface area contributed by atoms with Gasteiger partial charge in [0.25, 0.3) is 5.89 Å². The second-order valence-electron chi connectivity index (χ2n) is 4.58. The van der Waals surface area contributed by atoms with Crippen molar-refractivity contribution in [2.75, 3.05) is 13.2 Å². The lowest BCUT2D eigenvalue weighted by molar-refractivity contribution is 0.119. The maximum atomic E-state index is 5.97. The zero-order valence-electron chi connectivity index (χ0n) is 11.6. The van der Waals surface area contributed by atoms with Gasteiger partial charge in [0.05, 0.1) is 18.2 Å². The van der Waals surface area contributed by atoms with Gasteiger partial charge in [-0.15, -0.1) is 0 Å². The van der Waals surface area contributed by atoms with Crippen LogP contribution < -0.4 is 5.73 Å². The molecule has 1 atom stereocenters. The summed E-state index contributed by atoms with van der Waals surface area (Å²) in [5.74, 6) is 0.922. The molecule has 2 rings (SSSR count). The minimum Gasteiger partial charge on any atom is -0.379 e. The van der Waals surface area contributed by atoms with Gasteiger partial charge in [-0.05, 0) is 40.9 Å². The molecule has 0 spiro atoms. The number of aromatic nitrogens is 2. The summed E-state index contributed by atoms with van der Waals surface area (Å²) in [5, 5.41) is 3.93. The van der Waals surface area contributed by atoms with E-state index in [4.69, 9.17) is 15.0 Å². The van der Waals surface area contributed by atoms with E-state index in [1.807, 2.05) is 32.0 Å². The number of nitrogens with two attached hydrogens (primary N) is 1. The Bertz CT molecular complexity index is 571. The molecule has 1 heterocycles. The van der Waals surface area contributed by atoms with Gasteiger partial charge >= 0.3 is 0 Å². The van der Waals surface area contributed by atoms with Crippen LogP contribution in [0.5, 0.6) is 0 Å². The third-order valence-corrected chi connectivity index (χ3v) is 3.89. The molecule has 0 radical (unpaired) electrons. The van der Waals surface area contributed by atoms with Crippen LogP contribution in [0.2, 0.25) is 0 Å². The molecular formula is C14H18BrN3O2. The molecule has 0 aliphatic rings. The summed E-state index contributed by atoms with van der Waals surface area (Å²) in [4.78, 5) is 4.35. The Morgan fingerprint density at radius 2 is 2.25 bits per heavy atom. The van der Waals surface area contributed by atoms with Crippen molar-refractivity contribution in [3.05, 3.63) is 34.1 Å². The lowest BCUT2D eigenvalue weighted by Gasteiger charge is -2.06. The third-order valence-electron chi connectivity index (χ3n) is 2.84. The molecule has 0 saturated heterocycles. The van der Waals surface area contributed by atoms with E-state index in [0.29, 0.717) is 24.9 Å². The number of aryl methyl sites for hydroxylation is 1. The Morgan fingerprint density at radius 1 is 1.45 bits per heavy atom. The topological polar surface area (TPSA) is 74.2 Å². The molecule has 2 aromatic rings. The first kappa shape index (κ1) is 15.2. The predicted octanol–water partition coefficient (Wildman–Crippen LogP) is 3.23. The van der Waals surface area contributed by atoms with Gasteiger partial charge < -0.3 is 15.0 Å². The standard InChI is InChI=1S/C14H18BrN3O2/c1-3-7-19-8-11(16)13-17-14(20-18-13)10-6-4-5-9(2)12(10)15/h4-6,11H,3,7-8,16H2,1-2H3. The molecule has 1 unspecified atom stereocenters. The van der Waals surface area contributed by atoms with Gasteiger partial charge in [-0.3, -0.25) is 0 Å². The summed E-state index contributed by atoms with van der Waals surface area (Å²) in [5.41, 5.74) is 7.95. The van der Waals surface area contributed by atoms with Crippen molar-refractivity contribution < 1.29 is 9.26 Å². The molecule has 0 bridgehead atoms. The monoisotopic (exact) mass is 339 g/mol. The molecule has 0 amide bonds. The van der Waals surface area contributed by atoms with Gasteiger partial charge in [-0.25, -0.2) is 0 Å². The number of halogens is 1. The van der Waals surface area contributed by atoms with E-state index in [-0.39, 0.29) is 6.04 Å². The van der Waals surface area contributed by atoms with Gasteiger partial charge in [0.2, 0.25) is 0 Å². The van der Waals surface area contributed by atoms with Gasteiger partial charge in [-0.2, -0.15) is 4.98 Å². The highest BCUT2D eigenvalue weighted by molar-refractivity contribution is 9.10. The zero-order valence-corrected chi connectivity index (χ0v) is 13.2. The first-order chi connectivity index (χ1) is 9.63. The van der Waals surface area contributed by atoms with Gasteiger partial charge in [0, 0.05) is 11.1 Å². The van der Waals surface area contributed by atoms with Crippen molar-refractivity contribution >= 4 is 15.9 Å².